The van der Waals surface area contributed by atoms with Crippen LogP contribution in [0.1, 0.15) is 49.0 Å². The summed E-state index contributed by atoms with van der Waals surface area (Å²) in [7, 11) is 0. The summed E-state index contributed by atoms with van der Waals surface area (Å²) in [6.45, 7) is 7.50. The molecule has 0 unspecified atom stereocenters. The summed E-state index contributed by atoms with van der Waals surface area (Å²) in [4.78, 5) is 22.1. The van der Waals surface area contributed by atoms with Crippen LogP contribution >= 0.6 is 0 Å². The third kappa shape index (κ3) is 3.35. The smallest absolute Gasteiger partial charge is 0.272 e. The minimum Gasteiger partial charge on any atom is -0.376 e. The van der Waals surface area contributed by atoms with Gasteiger partial charge in [0.2, 0.25) is 0 Å². The van der Waals surface area contributed by atoms with Crippen LogP contribution in [-0.2, 0) is 4.74 Å². The van der Waals surface area contributed by atoms with Gasteiger partial charge in [0.1, 0.15) is 11.5 Å². The molecule has 3 aromatic heterocycles. The SMILES string of the molecule is Cc1nc(-c2nc(C(=O)NC[C@@H]3CCCO3)c3ccccn23)cn1C(C)C. The maximum Gasteiger partial charge on any atom is 0.272 e. The predicted molar refractivity (Wildman–Crippen MR) is 103 cm³/mol. The summed E-state index contributed by atoms with van der Waals surface area (Å²) >= 11 is 0. The molecule has 142 valence electrons. The van der Waals surface area contributed by atoms with Crippen molar-refractivity contribution in [2.45, 2.75) is 45.8 Å². The fourth-order valence-corrected chi connectivity index (χ4v) is 3.60. The molecule has 4 rings (SSSR count). The van der Waals surface area contributed by atoms with Crippen molar-refractivity contribution in [2.24, 2.45) is 0 Å². The van der Waals surface area contributed by atoms with Gasteiger partial charge in [-0.05, 0) is 45.7 Å². The Bertz CT molecular complexity index is 966. The topological polar surface area (TPSA) is 73.4 Å². The third-order valence-corrected chi connectivity index (χ3v) is 4.98. The van der Waals surface area contributed by atoms with Crippen LogP contribution in [0.25, 0.3) is 17.0 Å². The molecule has 1 fully saturated rings. The predicted octanol–water partition coefficient (Wildman–Crippen LogP) is 3.00. The zero-order valence-corrected chi connectivity index (χ0v) is 16.0. The molecule has 1 amide bonds. The van der Waals surface area contributed by atoms with Crippen molar-refractivity contribution in [2.75, 3.05) is 13.2 Å². The third-order valence-electron chi connectivity index (χ3n) is 4.98. The number of rotatable bonds is 5. The van der Waals surface area contributed by atoms with Crippen LogP contribution in [-0.4, -0.2) is 44.1 Å². The zero-order chi connectivity index (χ0) is 19.0. The molecule has 7 heteroatoms. The van der Waals surface area contributed by atoms with Gasteiger partial charge in [-0.1, -0.05) is 6.07 Å². The summed E-state index contributed by atoms with van der Waals surface area (Å²) in [6.07, 6.45) is 6.05. The van der Waals surface area contributed by atoms with Crippen molar-refractivity contribution >= 4 is 11.4 Å². The molecule has 4 heterocycles. The van der Waals surface area contributed by atoms with E-state index < -0.39 is 0 Å². The first-order chi connectivity index (χ1) is 13.0. The Morgan fingerprint density at radius 3 is 2.93 bits per heavy atom. The number of hydrogen-bond acceptors (Lipinski definition) is 4. The Labute approximate surface area is 158 Å². The summed E-state index contributed by atoms with van der Waals surface area (Å²) in [6, 6.07) is 6.06. The van der Waals surface area contributed by atoms with Crippen LogP contribution in [0.3, 0.4) is 0 Å². The van der Waals surface area contributed by atoms with Gasteiger partial charge in [-0.2, -0.15) is 0 Å². The lowest BCUT2D eigenvalue weighted by Crippen LogP contribution is -2.32. The van der Waals surface area contributed by atoms with Crippen LogP contribution in [0, 0.1) is 6.92 Å². The Hall–Kier alpha value is -2.67. The standard InChI is InChI=1S/C20H25N5O2/c1-13(2)25-12-16(22-14(25)3)19-23-18(17-8-4-5-9-24(17)19)20(26)21-11-15-7-6-10-27-15/h4-5,8-9,12-13,15H,6-7,10-11H2,1-3H3,(H,21,26)/t15-/m0/s1. The average Bonchev–Trinajstić information content (AvgIpc) is 3.37. The van der Waals surface area contributed by atoms with Crippen molar-refractivity contribution in [1.29, 1.82) is 0 Å². The summed E-state index contributed by atoms with van der Waals surface area (Å²) in [5.74, 6) is 1.42. The molecule has 0 saturated carbocycles. The molecule has 1 saturated heterocycles. The molecule has 1 atom stereocenters. The van der Waals surface area contributed by atoms with Gasteiger partial charge in [0, 0.05) is 31.6 Å². The number of pyridine rings is 1. The number of ether oxygens (including phenoxy) is 1. The molecule has 0 aromatic carbocycles. The Morgan fingerprint density at radius 2 is 2.22 bits per heavy atom. The molecule has 27 heavy (non-hydrogen) atoms. The summed E-state index contributed by atoms with van der Waals surface area (Å²) in [5.41, 5.74) is 1.95. The lowest BCUT2D eigenvalue weighted by Gasteiger charge is -2.09. The van der Waals surface area contributed by atoms with Crippen LogP contribution < -0.4 is 5.32 Å². The number of imidazole rings is 2. The maximum absolute atomic E-state index is 12.8. The molecule has 0 aliphatic carbocycles. The van der Waals surface area contributed by atoms with Crippen molar-refractivity contribution in [3.05, 3.63) is 42.1 Å². The van der Waals surface area contributed by atoms with Gasteiger partial charge >= 0.3 is 0 Å². The van der Waals surface area contributed by atoms with Gasteiger partial charge in [0.05, 0.1) is 11.6 Å². The van der Waals surface area contributed by atoms with Crippen molar-refractivity contribution in [1.82, 2.24) is 24.3 Å². The molecular weight excluding hydrogens is 342 g/mol. The van der Waals surface area contributed by atoms with Crippen LogP contribution in [0.2, 0.25) is 0 Å². The lowest BCUT2D eigenvalue weighted by atomic mass is 10.2. The largest absolute Gasteiger partial charge is 0.376 e. The van der Waals surface area contributed by atoms with Gasteiger partial charge < -0.3 is 14.6 Å². The lowest BCUT2D eigenvalue weighted by molar-refractivity contribution is 0.0855. The van der Waals surface area contributed by atoms with E-state index in [1.807, 2.05) is 41.9 Å². The number of nitrogens with one attached hydrogen (secondary N) is 1. The van der Waals surface area contributed by atoms with Crippen molar-refractivity contribution < 1.29 is 9.53 Å². The number of hydrogen-bond donors (Lipinski definition) is 1. The number of aromatic nitrogens is 4. The van der Waals surface area contributed by atoms with E-state index in [2.05, 4.69) is 33.7 Å². The zero-order valence-electron chi connectivity index (χ0n) is 16.0. The molecule has 0 spiro atoms. The molecule has 1 aliphatic heterocycles. The molecule has 7 nitrogen and oxygen atoms in total. The van der Waals surface area contributed by atoms with Gasteiger partial charge in [0.15, 0.2) is 11.5 Å². The molecular formula is C20H25N5O2. The van der Waals surface area contributed by atoms with Gasteiger partial charge in [-0.25, -0.2) is 9.97 Å². The first-order valence-electron chi connectivity index (χ1n) is 9.47. The van der Waals surface area contributed by atoms with E-state index in [1.165, 1.54) is 0 Å². The first kappa shape index (κ1) is 17.7. The van der Waals surface area contributed by atoms with Crippen LogP contribution in [0.15, 0.2) is 30.6 Å². The van der Waals surface area contributed by atoms with E-state index >= 15 is 0 Å². The number of carbonyl (C=O) groups is 1. The first-order valence-corrected chi connectivity index (χ1v) is 9.47. The minimum atomic E-state index is -0.180. The molecule has 3 aromatic rings. The van der Waals surface area contributed by atoms with E-state index in [1.54, 1.807) is 0 Å². The number of carbonyl (C=O) groups excluding carboxylic acids is 1. The van der Waals surface area contributed by atoms with Crippen molar-refractivity contribution in [3.8, 4) is 11.5 Å². The summed E-state index contributed by atoms with van der Waals surface area (Å²) < 4.78 is 9.62. The van der Waals surface area contributed by atoms with Gasteiger partial charge in [0.25, 0.3) is 5.91 Å². The Morgan fingerprint density at radius 1 is 1.37 bits per heavy atom. The maximum atomic E-state index is 12.8. The second kappa shape index (κ2) is 7.15. The normalized spacial score (nSPS) is 17.1. The highest BCUT2D eigenvalue weighted by Gasteiger charge is 2.22. The van der Waals surface area contributed by atoms with E-state index in [4.69, 9.17) is 4.74 Å². The second-order valence-electron chi connectivity index (χ2n) is 7.26. The highest BCUT2D eigenvalue weighted by molar-refractivity contribution is 6.00. The monoisotopic (exact) mass is 367 g/mol. The minimum absolute atomic E-state index is 0.103. The van der Waals surface area contributed by atoms with Crippen LogP contribution in [0.4, 0.5) is 0 Å². The highest BCUT2D eigenvalue weighted by Crippen LogP contribution is 2.24. The van der Waals surface area contributed by atoms with Gasteiger partial charge in [-0.15, -0.1) is 0 Å². The number of fused-ring (bicyclic) bond motifs is 1. The number of nitrogens with zero attached hydrogens (tertiary/aromatic N) is 4. The summed E-state index contributed by atoms with van der Waals surface area (Å²) in [5, 5.41) is 2.97. The second-order valence-corrected chi connectivity index (χ2v) is 7.26. The fourth-order valence-electron chi connectivity index (χ4n) is 3.60. The van der Waals surface area contributed by atoms with E-state index in [0.29, 0.717) is 24.1 Å². The Kier molecular flexibility index (Phi) is 4.70. The number of amides is 1. The van der Waals surface area contributed by atoms with E-state index in [0.717, 1.165) is 36.5 Å². The highest BCUT2D eigenvalue weighted by atomic mass is 16.5. The van der Waals surface area contributed by atoms with E-state index in [-0.39, 0.29) is 12.0 Å². The quantitative estimate of drug-likeness (QED) is 0.752. The van der Waals surface area contributed by atoms with Gasteiger partial charge in [-0.3, -0.25) is 9.20 Å². The molecule has 1 N–H and O–H groups in total. The molecule has 1 aliphatic rings. The van der Waals surface area contributed by atoms with E-state index in [9.17, 15) is 4.79 Å². The van der Waals surface area contributed by atoms with Crippen molar-refractivity contribution in [3.63, 3.8) is 0 Å². The van der Waals surface area contributed by atoms with Crippen LogP contribution in [0.5, 0.6) is 0 Å². The number of aryl methyl sites for hydroxylation is 1. The average molecular weight is 367 g/mol. The fraction of sp³-hybridized carbons (Fsp3) is 0.450. The molecule has 0 radical (unpaired) electrons. The molecule has 0 bridgehead atoms. The Balaban J connectivity index is 1.68.